The van der Waals surface area contributed by atoms with Gasteiger partial charge in [0.2, 0.25) is 0 Å². The van der Waals surface area contributed by atoms with Crippen LogP contribution in [0.5, 0.6) is 0 Å². The van der Waals surface area contributed by atoms with Crippen LogP contribution in [-0.4, -0.2) is 15.5 Å². The summed E-state index contributed by atoms with van der Waals surface area (Å²) in [5, 5.41) is 2.61. The lowest BCUT2D eigenvalue weighted by atomic mass is 10.2. The van der Waals surface area contributed by atoms with Crippen LogP contribution in [0.15, 0.2) is 64.3 Å². The van der Waals surface area contributed by atoms with Gasteiger partial charge in [-0.15, -0.1) is 0 Å². The van der Waals surface area contributed by atoms with Crippen molar-refractivity contribution in [2.45, 2.75) is 13.5 Å². The molecule has 7 heteroatoms. The topological polar surface area (TPSA) is 84.0 Å². The molecule has 0 radical (unpaired) electrons. The average molecular weight is 353 g/mol. The lowest BCUT2D eigenvalue weighted by Gasteiger charge is -2.09. The first-order valence-electron chi connectivity index (χ1n) is 7.89. The molecule has 2 aromatic carbocycles. The first-order valence-corrected chi connectivity index (χ1v) is 7.89. The number of halogens is 1. The number of H-pyrrole nitrogens is 1. The summed E-state index contributed by atoms with van der Waals surface area (Å²) in [6.07, 6.45) is 1.06. The monoisotopic (exact) mass is 353 g/mol. The van der Waals surface area contributed by atoms with Crippen molar-refractivity contribution in [1.82, 2.24) is 9.55 Å². The SMILES string of the molecule is Cc1cccc(NC(=O)c2c[nH]c(=O)n(Cc3ccccc3F)c2=O)c1. The van der Waals surface area contributed by atoms with Gasteiger partial charge < -0.3 is 10.3 Å². The largest absolute Gasteiger partial charge is 0.328 e. The summed E-state index contributed by atoms with van der Waals surface area (Å²) in [7, 11) is 0. The summed E-state index contributed by atoms with van der Waals surface area (Å²) in [6, 6.07) is 12.9. The lowest BCUT2D eigenvalue weighted by Crippen LogP contribution is -2.39. The number of nitrogens with one attached hydrogen (secondary N) is 2. The lowest BCUT2D eigenvalue weighted by molar-refractivity contribution is 0.102. The number of aromatic nitrogens is 2. The first kappa shape index (κ1) is 17.3. The Morgan fingerprint density at radius 3 is 2.65 bits per heavy atom. The Bertz CT molecular complexity index is 1090. The molecule has 1 heterocycles. The van der Waals surface area contributed by atoms with Crippen molar-refractivity contribution >= 4 is 11.6 Å². The molecule has 0 saturated carbocycles. The van der Waals surface area contributed by atoms with Crippen molar-refractivity contribution < 1.29 is 9.18 Å². The standard InChI is InChI=1S/C19H16FN3O3/c1-12-5-4-7-14(9-12)22-17(24)15-10-21-19(26)23(18(15)25)11-13-6-2-3-8-16(13)20/h2-10H,11H2,1H3,(H,21,26)(H,22,24). The fourth-order valence-electron chi connectivity index (χ4n) is 2.54. The van der Waals surface area contributed by atoms with Gasteiger partial charge in [0.15, 0.2) is 0 Å². The number of rotatable bonds is 4. The van der Waals surface area contributed by atoms with Crippen LogP contribution in [0.25, 0.3) is 0 Å². The van der Waals surface area contributed by atoms with E-state index in [4.69, 9.17) is 0 Å². The number of hydrogen-bond donors (Lipinski definition) is 2. The van der Waals surface area contributed by atoms with Gasteiger partial charge in [0, 0.05) is 17.4 Å². The molecule has 0 saturated heterocycles. The van der Waals surface area contributed by atoms with E-state index >= 15 is 0 Å². The second-order valence-electron chi connectivity index (χ2n) is 5.81. The third-order valence-electron chi connectivity index (χ3n) is 3.87. The van der Waals surface area contributed by atoms with Crippen molar-refractivity contribution in [2.24, 2.45) is 0 Å². The van der Waals surface area contributed by atoms with Gasteiger partial charge in [-0.1, -0.05) is 30.3 Å². The van der Waals surface area contributed by atoms with Crippen LogP contribution in [0.2, 0.25) is 0 Å². The maximum Gasteiger partial charge on any atom is 0.328 e. The van der Waals surface area contributed by atoms with Crippen LogP contribution in [0.3, 0.4) is 0 Å². The van der Waals surface area contributed by atoms with Crippen molar-refractivity contribution in [3.8, 4) is 0 Å². The highest BCUT2D eigenvalue weighted by Crippen LogP contribution is 2.10. The molecule has 1 aromatic heterocycles. The number of nitrogens with zero attached hydrogens (tertiary/aromatic N) is 1. The van der Waals surface area contributed by atoms with Gasteiger partial charge >= 0.3 is 5.69 Å². The van der Waals surface area contributed by atoms with Crippen molar-refractivity contribution in [3.05, 3.63) is 98.1 Å². The molecule has 26 heavy (non-hydrogen) atoms. The molecule has 3 aromatic rings. The molecule has 2 N–H and O–H groups in total. The van der Waals surface area contributed by atoms with Crippen LogP contribution < -0.4 is 16.6 Å². The van der Waals surface area contributed by atoms with E-state index in [1.54, 1.807) is 24.3 Å². The predicted molar refractivity (Wildman–Crippen MR) is 96.0 cm³/mol. The molecule has 0 fully saturated rings. The van der Waals surface area contributed by atoms with Gasteiger partial charge in [-0.2, -0.15) is 0 Å². The highest BCUT2D eigenvalue weighted by atomic mass is 19.1. The molecule has 0 spiro atoms. The number of carbonyl (C=O) groups excluding carboxylic acids is 1. The zero-order chi connectivity index (χ0) is 18.7. The number of benzene rings is 2. The quantitative estimate of drug-likeness (QED) is 0.755. The van der Waals surface area contributed by atoms with Gasteiger partial charge in [-0.25, -0.2) is 9.18 Å². The Labute approximate surface area is 147 Å². The summed E-state index contributed by atoms with van der Waals surface area (Å²) < 4.78 is 14.6. The van der Waals surface area contributed by atoms with Gasteiger partial charge in [0.1, 0.15) is 11.4 Å². The van der Waals surface area contributed by atoms with Crippen molar-refractivity contribution in [3.63, 3.8) is 0 Å². The smallest absolute Gasteiger partial charge is 0.322 e. The number of carbonyl (C=O) groups is 1. The third-order valence-corrected chi connectivity index (χ3v) is 3.87. The van der Waals surface area contributed by atoms with E-state index in [0.717, 1.165) is 16.3 Å². The zero-order valence-corrected chi connectivity index (χ0v) is 14.0. The fourth-order valence-corrected chi connectivity index (χ4v) is 2.54. The molecule has 0 aliphatic heterocycles. The number of aromatic amines is 1. The molecule has 6 nitrogen and oxygen atoms in total. The fraction of sp³-hybridized carbons (Fsp3) is 0.105. The van der Waals surface area contributed by atoms with Gasteiger partial charge in [-0.05, 0) is 30.7 Å². The van der Waals surface area contributed by atoms with E-state index in [9.17, 15) is 18.8 Å². The Balaban J connectivity index is 1.94. The molecular weight excluding hydrogens is 337 g/mol. The van der Waals surface area contributed by atoms with Crippen LogP contribution in [0.4, 0.5) is 10.1 Å². The molecule has 3 rings (SSSR count). The summed E-state index contributed by atoms with van der Waals surface area (Å²) in [6.45, 7) is 1.60. The average Bonchev–Trinajstić information content (AvgIpc) is 2.60. The summed E-state index contributed by atoms with van der Waals surface area (Å²) in [4.78, 5) is 39.3. The molecule has 0 aliphatic carbocycles. The van der Waals surface area contributed by atoms with Crippen LogP contribution in [0.1, 0.15) is 21.5 Å². The molecule has 0 atom stereocenters. The number of aryl methyl sites for hydroxylation is 1. The zero-order valence-electron chi connectivity index (χ0n) is 14.0. The summed E-state index contributed by atoms with van der Waals surface area (Å²) >= 11 is 0. The molecule has 0 unspecified atom stereocenters. The normalized spacial score (nSPS) is 10.5. The Kier molecular flexibility index (Phi) is 4.79. The Hall–Kier alpha value is -3.48. The molecule has 132 valence electrons. The van der Waals surface area contributed by atoms with Gasteiger partial charge in [0.05, 0.1) is 6.54 Å². The maximum atomic E-state index is 13.8. The second-order valence-corrected chi connectivity index (χ2v) is 5.81. The van der Waals surface area contributed by atoms with Crippen molar-refractivity contribution in [2.75, 3.05) is 5.32 Å². The van der Waals surface area contributed by atoms with E-state index in [1.165, 1.54) is 18.2 Å². The number of amides is 1. The predicted octanol–water partition coefficient (Wildman–Crippen LogP) is 2.28. The third kappa shape index (κ3) is 3.61. The Morgan fingerprint density at radius 1 is 1.15 bits per heavy atom. The molecular formula is C19H16FN3O3. The number of hydrogen-bond acceptors (Lipinski definition) is 3. The van der Waals surface area contributed by atoms with E-state index in [0.29, 0.717) is 5.69 Å². The highest BCUT2D eigenvalue weighted by molar-refractivity contribution is 6.03. The molecule has 0 aliphatic rings. The minimum Gasteiger partial charge on any atom is -0.322 e. The van der Waals surface area contributed by atoms with E-state index < -0.39 is 23.0 Å². The summed E-state index contributed by atoms with van der Waals surface area (Å²) in [5.41, 5.74) is -0.0891. The minimum atomic E-state index is -0.790. The maximum absolute atomic E-state index is 13.8. The number of anilines is 1. The minimum absolute atomic E-state index is 0.177. The van der Waals surface area contributed by atoms with Crippen molar-refractivity contribution in [1.29, 1.82) is 0 Å². The molecule has 1 amide bonds. The van der Waals surface area contributed by atoms with Crippen LogP contribution >= 0.6 is 0 Å². The van der Waals surface area contributed by atoms with E-state index in [1.807, 2.05) is 13.0 Å². The Morgan fingerprint density at radius 2 is 1.92 bits per heavy atom. The van der Waals surface area contributed by atoms with Crippen LogP contribution in [0, 0.1) is 12.7 Å². The van der Waals surface area contributed by atoms with Gasteiger partial charge in [0.25, 0.3) is 11.5 Å². The first-order chi connectivity index (χ1) is 12.5. The summed E-state index contributed by atoms with van der Waals surface area (Å²) in [5.74, 6) is -1.19. The van der Waals surface area contributed by atoms with Crippen LogP contribution in [-0.2, 0) is 6.54 Å². The van der Waals surface area contributed by atoms with E-state index in [2.05, 4.69) is 10.3 Å². The second kappa shape index (κ2) is 7.18. The highest BCUT2D eigenvalue weighted by Gasteiger charge is 2.16. The van der Waals surface area contributed by atoms with Gasteiger partial charge in [-0.3, -0.25) is 14.2 Å². The van der Waals surface area contributed by atoms with E-state index in [-0.39, 0.29) is 17.7 Å². The molecule has 0 bridgehead atoms.